The lowest BCUT2D eigenvalue weighted by Gasteiger charge is -2.11. The van der Waals surface area contributed by atoms with Gasteiger partial charge in [0.2, 0.25) is 0 Å². The topological polar surface area (TPSA) is 77.1 Å². The third-order valence-electron chi connectivity index (χ3n) is 2.52. The van der Waals surface area contributed by atoms with Crippen molar-refractivity contribution in [2.45, 2.75) is 6.61 Å². The van der Waals surface area contributed by atoms with Crippen LogP contribution < -0.4 is 15.2 Å². The Morgan fingerprint density at radius 2 is 2.26 bits per heavy atom. The van der Waals surface area contributed by atoms with Crippen LogP contribution in [0.4, 0.5) is 0 Å². The molecule has 1 aromatic heterocycles. The van der Waals surface area contributed by atoms with Crippen molar-refractivity contribution in [1.82, 2.24) is 0 Å². The molecule has 19 heavy (non-hydrogen) atoms. The number of hydrogen-bond acceptors (Lipinski definition) is 5. The Hall–Kier alpha value is -2.21. The van der Waals surface area contributed by atoms with Gasteiger partial charge in [-0.2, -0.15) is 0 Å². The third-order valence-corrected chi connectivity index (χ3v) is 3.37. The molecule has 0 aliphatic rings. The number of benzene rings is 1. The lowest BCUT2D eigenvalue weighted by molar-refractivity contribution is 0.304. The van der Waals surface area contributed by atoms with Gasteiger partial charge < -0.3 is 20.4 Å². The Morgan fingerprint density at radius 1 is 1.42 bits per heavy atom. The molecule has 3 N–H and O–H groups in total. The second kappa shape index (κ2) is 6.10. The minimum atomic E-state index is 0.00355. The van der Waals surface area contributed by atoms with Crippen molar-refractivity contribution in [2.75, 3.05) is 7.11 Å². The van der Waals surface area contributed by atoms with Crippen LogP contribution in [0.5, 0.6) is 11.5 Å². The summed E-state index contributed by atoms with van der Waals surface area (Å²) >= 11 is 1.61. The Balaban J connectivity index is 2.24. The number of ether oxygens (including phenoxy) is 2. The molecule has 6 heteroatoms. The second-order valence-electron chi connectivity index (χ2n) is 3.72. The van der Waals surface area contributed by atoms with E-state index in [0.29, 0.717) is 23.7 Å². The first-order chi connectivity index (χ1) is 9.24. The van der Waals surface area contributed by atoms with Crippen molar-refractivity contribution in [3.63, 3.8) is 0 Å². The SMILES string of the molecule is COc1ccc(/C(N)=N/O)c(OCc2cccs2)c1. The van der Waals surface area contributed by atoms with Crippen LogP contribution in [0.2, 0.25) is 0 Å². The zero-order valence-electron chi connectivity index (χ0n) is 10.4. The number of rotatable bonds is 5. The van der Waals surface area contributed by atoms with Crippen molar-refractivity contribution in [3.8, 4) is 11.5 Å². The standard InChI is InChI=1S/C13H14N2O3S/c1-17-9-4-5-11(13(14)15-16)12(7-9)18-8-10-3-2-6-19-10/h2-7,16H,8H2,1H3,(H2,14,15). The summed E-state index contributed by atoms with van der Waals surface area (Å²) in [5, 5.41) is 13.7. The van der Waals surface area contributed by atoms with Gasteiger partial charge in [-0.05, 0) is 23.6 Å². The second-order valence-corrected chi connectivity index (χ2v) is 4.75. The highest BCUT2D eigenvalue weighted by Crippen LogP contribution is 2.26. The van der Waals surface area contributed by atoms with E-state index in [0.717, 1.165) is 4.88 Å². The van der Waals surface area contributed by atoms with Gasteiger partial charge in [0.15, 0.2) is 5.84 Å². The average Bonchev–Trinajstić information content (AvgIpc) is 2.97. The van der Waals surface area contributed by atoms with Gasteiger partial charge in [0, 0.05) is 10.9 Å². The number of hydrogen-bond donors (Lipinski definition) is 2. The van der Waals surface area contributed by atoms with Crippen LogP contribution in [0.25, 0.3) is 0 Å². The number of nitrogens with zero attached hydrogens (tertiary/aromatic N) is 1. The molecular formula is C13H14N2O3S. The van der Waals surface area contributed by atoms with Crippen LogP contribution in [0.1, 0.15) is 10.4 Å². The molecule has 2 rings (SSSR count). The largest absolute Gasteiger partial charge is 0.497 e. The Morgan fingerprint density at radius 3 is 2.89 bits per heavy atom. The van der Waals surface area contributed by atoms with Gasteiger partial charge in [-0.1, -0.05) is 11.2 Å². The summed E-state index contributed by atoms with van der Waals surface area (Å²) in [6, 6.07) is 9.07. The molecule has 0 radical (unpaired) electrons. The summed E-state index contributed by atoms with van der Waals surface area (Å²) < 4.78 is 10.8. The third kappa shape index (κ3) is 3.17. The molecule has 1 heterocycles. The van der Waals surface area contributed by atoms with Crippen LogP contribution in [-0.2, 0) is 6.61 Å². The molecule has 2 aromatic rings. The van der Waals surface area contributed by atoms with Gasteiger partial charge in [-0.3, -0.25) is 0 Å². The molecule has 5 nitrogen and oxygen atoms in total. The van der Waals surface area contributed by atoms with Gasteiger partial charge in [-0.15, -0.1) is 11.3 Å². The molecule has 1 aromatic carbocycles. The zero-order chi connectivity index (χ0) is 13.7. The fraction of sp³-hybridized carbons (Fsp3) is 0.154. The molecule has 0 unspecified atom stereocenters. The van der Waals surface area contributed by atoms with Crippen molar-refractivity contribution in [2.24, 2.45) is 10.9 Å². The monoisotopic (exact) mass is 278 g/mol. The number of thiophene rings is 1. The van der Waals surface area contributed by atoms with E-state index in [1.165, 1.54) is 0 Å². The Kier molecular flexibility index (Phi) is 4.25. The first kappa shape index (κ1) is 13.2. The maximum atomic E-state index is 8.77. The molecule has 0 saturated heterocycles. The minimum absolute atomic E-state index is 0.00355. The van der Waals surface area contributed by atoms with E-state index < -0.39 is 0 Å². The first-order valence-electron chi connectivity index (χ1n) is 5.55. The summed E-state index contributed by atoms with van der Waals surface area (Å²) in [4.78, 5) is 1.09. The lowest BCUT2D eigenvalue weighted by atomic mass is 10.1. The molecule has 0 amide bonds. The van der Waals surface area contributed by atoms with E-state index >= 15 is 0 Å². The zero-order valence-corrected chi connectivity index (χ0v) is 11.2. The van der Waals surface area contributed by atoms with Gasteiger partial charge in [0.1, 0.15) is 18.1 Å². The first-order valence-corrected chi connectivity index (χ1v) is 6.43. The highest BCUT2D eigenvalue weighted by Gasteiger charge is 2.10. The fourth-order valence-corrected chi connectivity index (χ4v) is 2.17. The molecule has 0 saturated carbocycles. The molecular weight excluding hydrogens is 264 g/mol. The summed E-state index contributed by atoms with van der Waals surface area (Å²) in [7, 11) is 1.57. The Labute approximate surface area is 114 Å². The van der Waals surface area contributed by atoms with Crippen molar-refractivity contribution >= 4 is 17.2 Å². The summed E-state index contributed by atoms with van der Waals surface area (Å²) in [6.45, 7) is 0.427. The molecule has 0 aliphatic carbocycles. The number of nitrogens with two attached hydrogens (primary N) is 1. The van der Waals surface area contributed by atoms with Gasteiger partial charge in [-0.25, -0.2) is 0 Å². The van der Waals surface area contributed by atoms with Gasteiger partial charge in [0.25, 0.3) is 0 Å². The summed E-state index contributed by atoms with van der Waals surface area (Å²) in [5.41, 5.74) is 6.15. The molecule has 0 aliphatic heterocycles. The van der Waals surface area contributed by atoms with Crippen molar-refractivity contribution in [1.29, 1.82) is 0 Å². The van der Waals surface area contributed by atoms with Gasteiger partial charge in [0.05, 0.1) is 12.7 Å². The molecule has 100 valence electrons. The number of methoxy groups -OCH3 is 1. The van der Waals surface area contributed by atoms with E-state index in [2.05, 4.69) is 5.16 Å². The van der Waals surface area contributed by atoms with Crippen LogP contribution in [-0.4, -0.2) is 18.2 Å². The minimum Gasteiger partial charge on any atom is -0.497 e. The average molecular weight is 278 g/mol. The highest BCUT2D eigenvalue weighted by molar-refractivity contribution is 7.09. The molecule has 0 atom stereocenters. The maximum absolute atomic E-state index is 8.77. The molecule has 0 bridgehead atoms. The smallest absolute Gasteiger partial charge is 0.173 e. The van der Waals surface area contributed by atoms with E-state index in [1.54, 1.807) is 36.6 Å². The summed E-state index contributed by atoms with van der Waals surface area (Å²) in [6.07, 6.45) is 0. The van der Waals surface area contributed by atoms with Crippen LogP contribution >= 0.6 is 11.3 Å². The normalized spacial score (nSPS) is 11.3. The van der Waals surface area contributed by atoms with Crippen molar-refractivity contribution < 1.29 is 14.7 Å². The van der Waals surface area contributed by atoms with E-state index in [9.17, 15) is 0 Å². The predicted molar refractivity (Wildman–Crippen MR) is 74.2 cm³/mol. The molecule has 0 spiro atoms. The fourth-order valence-electron chi connectivity index (χ4n) is 1.56. The highest BCUT2D eigenvalue weighted by atomic mass is 32.1. The van der Waals surface area contributed by atoms with E-state index in [4.69, 9.17) is 20.4 Å². The quantitative estimate of drug-likeness (QED) is 0.381. The maximum Gasteiger partial charge on any atom is 0.173 e. The number of oxime groups is 1. The van der Waals surface area contributed by atoms with Gasteiger partial charge >= 0.3 is 0 Å². The predicted octanol–water partition coefficient (Wildman–Crippen LogP) is 2.43. The van der Waals surface area contributed by atoms with Crippen LogP contribution in [0, 0.1) is 0 Å². The van der Waals surface area contributed by atoms with Crippen LogP contribution in [0.3, 0.4) is 0 Å². The van der Waals surface area contributed by atoms with E-state index in [-0.39, 0.29) is 5.84 Å². The Bertz CT molecular complexity index is 567. The number of amidine groups is 1. The van der Waals surface area contributed by atoms with Crippen molar-refractivity contribution in [3.05, 3.63) is 46.2 Å². The lowest BCUT2D eigenvalue weighted by Crippen LogP contribution is -2.14. The molecule has 0 fully saturated rings. The van der Waals surface area contributed by atoms with E-state index in [1.807, 2.05) is 17.5 Å². The van der Waals surface area contributed by atoms with Crippen LogP contribution in [0.15, 0.2) is 40.9 Å². The summed E-state index contributed by atoms with van der Waals surface area (Å²) in [5.74, 6) is 1.17.